The average Bonchev–Trinajstić information content (AvgIpc) is 3.37. The molecule has 168 valence electrons. The molecule has 9 heteroatoms. The van der Waals surface area contributed by atoms with Crippen LogP contribution in [0.1, 0.15) is 36.6 Å². The van der Waals surface area contributed by atoms with Crippen LogP contribution in [0.25, 0.3) is 22.6 Å². The zero-order chi connectivity index (χ0) is 23.2. The van der Waals surface area contributed by atoms with Crippen LogP contribution < -0.4 is 10.5 Å². The molecule has 1 aliphatic rings. The number of carbonyl (C=O) groups is 1. The lowest BCUT2D eigenvalue weighted by atomic mass is 10.1. The third kappa shape index (κ3) is 4.39. The predicted octanol–water partition coefficient (Wildman–Crippen LogP) is 3.86. The van der Waals surface area contributed by atoms with Crippen LogP contribution in [0.15, 0.2) is 42.9 Å². The van der Waals surface area contributed by atoms with Crippen molar-refractivity contribution in [3.8, 4) is 17.3 Å². The van der Waals surface area contributed by atoms with Gasteiger partial charge in [-0.15, -0.1) is 0 Å². The summed E-state index contributed by atoms with van der Waals surface area (Å²) in [6, 6.07) is 9.39. The van der Waals surface area contributed by atoms with Gasteiger partial charge in [0.2, 0.25) is 11.8 Å². The van der Waals surface area contributed by atoms with Crippen LogP contribution in [0.4, 0.5) is 0 Å². The number of pyridine rings is 1. The molecule has 0 aliphatic heterocycles. The van der Waals surface area contributed by atoms with Gasteiger partial charge in [-0.3, -0.25) is 9.78 Å². The van der Waals surface area contributed by atoms with Crippen molar-refractivity contribution in [2.24, 2.45) is 5.73 Å². The Hall–Kier alpha value is -3.52. The number of benzene rings is 1. The van der Waals surface area contributed by atoms with Crippen molar-refractivity contribution >= 4 is 28.7 Å². The molecule has 1 amide bonds. The largest absolute Gasteiger partial charge is 0.470 e. The Labute approximate surface area is 195 Å². The number of hydrogen-bond acceptors (Lipinski definition) is 6. The molecule has 0 saturated heterocycles. The molecule has 4 aromatic rings. The summed E-state index contributed by atoms with van der Waals surface area (Å²) < 4.78 is 8.13. The Bertz CT molecular complexity index is 1380. The van der Waals surface area contributed by atoms with Crippen molar-refractivity contribution in [1.82, 2.24) is 24.5 Å². The van der Waals surface area contributed by atoms with Crippen LogP contribution in [0.2, 0.25) is 5.02 Å². The number of ether oxygens (including phenoxy) is 1. The molecule has 2 N–H and O–H groups in total. The molecule has 1 saturated carbocycles. The molecule has 1 aromatic carbocycles. The normalized spacial score (nSPS) is 14.4. The maximum atomic E-state index is 11.3. The monoisotopic (exact) mass is 462 g/mol. The van der Waals surface area contributed by atoms with E-state index in [-0.39, 0.29) is 12.0 Å². The Kier molecular flexibility index (Phi) is 5.25. The smallest absolute Gasteiger partial charge is 0.245 e. The number of carbonyl (C=O) groups excluding carboxylic acids is 1. The summed E-state index contributed by atoms with van der Waals surface area (Å²) in [5.74, 6) is 0.663. The molecule has 5 rings (SSSR count). The average molecular weight is 463 g/mol. The van der Waals surface area contributed by atoms with Crippen LogP contribution in [-0.2, 0) is 17.8 Å². The molecule has 8 nitrogen and oxygen atoms in total. The lowest BCUT2D eigenvalue weighted by molar-refractivity contribution is -0.117. The van der Waals surface area contributed by atoms with Gasteiger partial charge in [-0.05, 0) is 62.1 Å². The van der Waals surface area contributed by atoms with E-state index < -0.39 is 5.91 Å². The van der Waals surface area contributed by atoms with Gasteiger partial charge in [0.05, 0.1) is 23.7 Å². The van der Waals surface area contributed by atoms with E-state index in [4.69, 9.17) is 27.1 Å². The minimum absolute atomic E-state index is 0.117. The highest BCUT2D eigenvalue weighted by atomic mass is 35.5. The Morgan fingerprint density at radius 2 is 2.03 bits per heavy atom. The second-order valence-corrected chi connectivity index (χ2v) is 9.11. The molecule has 3 aromatic heterocycles. The van der Waals surface area contributed by atoms with E-state index in [0.717, 1.165) is 29.7 Å². The molecule has 0 atom stereocenters. The molecule has 33 heavy (non-hydrogen) atoms. The van der Waals surface area contributed by atoms with E-state index in [1.54, 1.807) is 12.3 Å². The number of aromatic nitrogens is 5. The number of imidazole rings is 1. The summed E-state index contributed by atoms with van der Waals surface area (Å²) in [7, 11) is 0. The van der Waals surface area contributed by atoms with Crippen LogP contribution in [0, 0.1) is 6.92 Å². The summed E-state index contributed by atoms with van der Waals surface area (Å²) in [6.07, 6.45) is 5.35. The van der Waals surface area contributed by atoms with E-state index in [0.29, 0.717) is 40.0 Å². The van der Waals surface area contributed by atoms with E-state index in [1.165, 1.54) is 6.33 Å². The second kappa shape index (κ2) is 8.12. The molecule has 1 aliphatic carbocycles. The highest BCUT2D eigenvalue weighted by Gasteiger charge is 2.41. The zero-order valence-corrected chi connectivity index (χ0v) is 19.1. The molecule has 1 fully saturated rings. The summed E-state index contributed by atoms with van der Waals surface area (Å²) in [6.45, 7) is 4.53. The molecular weight excluding hydrogens is 440 g/mol. The summed E-state index contributed by atoms with van der Waals surface area (Å²) in [5, 5.41) is 0.465. The first-order valence-electron chi connectivity index (χ1n) is 10.7. The number of fused-ring (bicyclic) bond motifs is 1. The first-order valence-corrected chi connectivity index (χ1v) is 11.1. The van der Waals surface area contributed by atoms with E-state index in [2.05, 4.69) is 21.9 Å². The van der Waals surface area contributed by atoms with Crippen molar-refractivity contribution in [3.63, 3.8) is 0 Å². The first kappa shape index (κ1) is 21.3. The quantitative estimate of drug-likeness (QED) is 0.446. The minimum atomic E-state index is -0.415. The minimum Gasteiger partial charge on any atom is -0.470 e. The lowest BCUT2D eigenvalue weighted by Crippen LogP contribution is -2.13. The van der Waals surface area contributed by atoms with Crippen molar-refractivity contribution in [2.75, 3.05) is 0 Å². The molecule has 0 unspecified atom stereocenters. The number of rotatable bonds is 7. The van der Waals surface area contributed by atoms with Gasteiger partial charge < -0.3 is 15.0 Å². The number of halogens is 1. The molecule has 3 heterocycles. The lowest BCUT2D eigenvalue weighted by Gasteiger charge is -2.12. The topological polar surface area (TPSA) is 109 Å². The Balaban J connectivity index is 1.66. The summed E-state index contributed by atoms with van der Waals surface area (Å²) in [5.41, 5.74) is 9.76. The summed E-state index contributed by atoms with van der Waals surface area (Å²) >= 11 is 6.64. The highest BCUT2D eigenvalue weighted by Crippen LogP contribution is 2.41. The van der Waals surface area contributed by atoms with Gasteiger partial charge in [0.1, 0.15) is 17.8 Å². The standard InChI is InChI=1S/C24H23ClN6O2/c1-14-5-8-27-16(9-14)12-31-21(17-4-3-15(10-18(17)25)11-19(26)32)30-20-22(31)28-13-29-23(20)33-24(2)6-7-24/h3-5,8-10,13H,6-7,11-12H2,1-2H3,(H2,26,32). The van der Waals surface area contributed by atoms with Crippen molar-refractivity contribution < 1.29 is 9.53 Å². The van der Waals surface area contributed by atoms with E-state index in [1.807, 2.05) is 35.8 Å². The van der Waals surface area contributed by atoms with Crippen molar-refractivity contribution in [1.29, 1.82) is 0 Å². The third-order valence-electron chi connectivity index (χ3n) is 5.74. The zero-order valence-electron chi connectivity index (χ0n) is 18.4. The van der Waals surface area contributed by atoms with Gasteiger partial charge in [0, 0.05) is 11.8 Å². The van der Waals surface area contributed by atoms with Crippen LogP contribution in [-0.4, -0.2) is 36.0 Å². The number of primary amides is 1. The van der Waals surface area contributed by atoms with Gasteiger partial charge >= 0.3 is 0 Å². The number of hydrogen-bond donors (Lipinski definition) is 1. The van der Waals surface area contributed by atoms with Crippen molar-refractivity contribution in [3.05, 3.63) is 64.7 Å². The third-order valence-corrected chi connectivity index (χ3v) is 6.05. The molecule has 0 bridgehead atoms. The fourth-order valence-electron chi connectivity index (χ4n) is 3.76. The maximum absolute atomic E-state index is 11.3. The number of amides is 1. The number of nitrogens with zero attached hydrogens (tertiary/aromatic N) is 5. The summed E-state index contributed by atoms with van der Waals surface area (Å²) in [4.78, 5) is 29.6. The molecule has 0 spiro atoms. The predicted molar refractivity (Wildman–Crippen MR) is 125 cm³/mol. The molecule has 0 radical (unpaired) electrons. The van der Waals surface area contributed by atoms with Gasteiger partial charge in [0.15, 0.2) is 11.2 Å². The van der Waals surface area contributed by atoms with Gasteiger partial charge in [-0.1, -0.05) is 17.7 Å². The van der Waals surface area contributed by atoms with E-state index >= 15 is 0 Å². The van der Waals surface area contributed by atoms with Gasteiger partial charge in [-0.2, -0.15) is 4.98 Å². The fourth-order valence-corrected chi connectivity index (χ4v) is 4.04. The fraction of sp³-hybridized carbons (Fsp3) is 0.292. The number of nitrogens with two attached hydrogens (primary N) is 1. The van der Waals surface area contributed by atoms with Crippen LogP contribution in [0.3, 0.4) is 0 Å². The van der Waals surface area contributed by atoms with Gasteiger partial charge in [0.25, 0.3) is 0 Å². The van der Waals surface area contributed by atoms with Crippen molar-refractivity contribution in [2.45, 2.75) is 45.3 Å². The second-order valence-electron chi connectivity index (χ2n) is 8.71. The SMILES string of the molecule is Cc1ccnc(Cn2c(-c3ccc(CC(N)=O)cc3Cl)nc3c(OC4(C)CC4)ncnc32)c1. The first-order chi connectivity index (χ1) is 15.8. The highest BCUT2D eigenvalue weighted by molar-refractivity contribution is 6.33. The Morgan fingerprint density at radius 3 is 2.73 bits per heavy atom. The van der Waals surface area contributed by atoms with Gasteiger partial charge in [-0.25, -0.2) is 9.97 Å². The van der Waals surface area contributed by atoms with Crippen LogP contribution in [0.5, 0.6) is 5.88 Å². The van der Waals surface area contributed by atoms with E-state index in [9.17, 15) is 4.79 Å². The maximum Gasteiger partial charge on any atom is 0.245 e. The number of aryl methyl sites for hydroxylation is 1. The Morgan fingerprint density at radius 1 is 1.21 bits per heavy atom. The van der Waals surface area contributed by atoms with Crippen LogP contribution >= 0.6 is 11.6 Å². The molecular formula is C24H23ClN6O2.